The quantitative estimate of drug-likeness (QED) is 0.610. The molecule has 0 aromatic rings. The van der Waals surface area contributed by atoms with Gasteiger partial charge in [-0.1, -0.05) is 13.3 Å². The Hall–Kier alpha value is -0.120. The van der Waals surface area contributed by atoms with Gasteiger partial charge in [-0.05, 0) is 58.0 Å². The Morgan fingerprint density at radius 3 is 2.82 bits per heavy atom. The van der Waals surface area contributed by atoms with Crippen LogP contribution in [-0.4, -0.2) is 31.8 Å². The van der Waals surface area contributed by atoms with Gasteiger partial charge in [-0.3, -0.25) is 0 Å². The highest BCUT2D eigenvalue weighted by molar-refractivity contribution is 4.67. The molecule has 1 saturated heterocycles. The first-order valence-corrected chi connectivity index (χ1v) is 7.26. The molecule has 0 amide bonds. The van der Waals surface area contributed by atoms with Crippen molar-refractivity contribution in [1.29, 1.82) is 0 Å². The smallest absolute Gasteiger partial charge is 0.0588 e. The molecule has 0 aliphatic carbocycles. The topological polar surface area (TPSA) is 47.3 Å². The summed E-state index contributed by atoms with van der Waals surface area (Å²) >= 11 is 0. The Morgan fingerprint density at radius 2 is 2.18 bits per heavy atom. The zero-order chi connectivity index (χ0) is 12.5. The molecule has 0 bridgehead atoms. The summed E-state index contributed by atoms with van der Waals surface area (Å²) in [4.78, 5) is 0. The van der Waals surface area contributed by atoms with Crippen LogP contribution in [0.2, 0.25) is 0 Å². The largest absolute Gasteiger partial charge is 0.378 e. The van der Waals surface area contributed by atoms with Crippen molar-refractivity contribution in [1.82, 2.24) is 5.32 Å². The van der Waals surface area contributed by atoms with E-state index in [1.165, 1.54) is 32.1 Å². The van der Waals surface area contributed by atoms with E-state index in [0.29, 0.717) is 12.1 Å². The number of rotatable bonds is 9. The Kier molecular flexibility index (Phi) is 7.82. The first-order valence-electron chi connectivity index (χ1n) is 7.26. The molecule has 102 valence electrons. The summed E-state index contributed by atoms with van der Waals surface area (Å²) in [6.45, 7) is 7.61. The van der Waals surface area contributed by atoms with Crippen molar-refractivity contribution in [3.05, 3.63) is 0 Å². The van der Waals surface area contributed by atoms with Gasteiger partial charge in [0.2, 0.25) is 0 Å². The van der Waals surface area contributed by atoms with Crippen molar-refractivity contribution < 1.29 is 4.74 Å². The van der Waals surface area contributed by atoms with Crippen LogP contribution in [0.4, 0.5) is 0 Å². The fourth-order valence-corrected chi connectivity index (χ4v) is 2.37. The van der Waals surface area contributed by atoms with Crippen molar-refractivity contribution in [3.8, 4) is 0 Å². The van der Waals surface area contributed by atoms with Crippen molar-refractivity contribution in [2.24, 2.45) is 11.7 Å². The fraction of sp³-hybridized carbons (Fsp3) is 1.00. The Balaban J connectivity index is 1.87. The molecule has 0 spiro atoms. The van der Waals surface area contributed by atoms with Crippen molar-refractivity contribution in [2.75, 3.05) is 19.7 Å². The highest BCUT2D eigenvalue weighted by atomic mass is 16.5. The fourth-order valence-electron chi connectivity index (χ4n) is 2.37. The average Bonchev–Trinajstić information content (AvgIpc) is 2.76. The number of hydrogen-bond acceptors (Lipinski definition) is 3. The SMILES string of the molecule is CC(N)CCCC(C)CNCCC1CCCO1. The maximum Gasteiger partial charge on any atom is 0.0588 e. The minimum atomic E-state index is 0.356. The van der Waals surface area contributed by atoms with Crippen LogP contribution in [0.5, 0.6) is 0 Å². The number of ether oxygens (including phenoxy) is 1. The summed E-state index contributed by atoms with van der Waals surface area (Å²) in [5.74, 6) is 0.762. The molecule has 1 aliphatic rings. The molecule has 0 radical (unpaired) electrons. The zero-order valence-corrected chi connectivity index (χ0v) is 11.6. The predicted molar refractivity (Wildman–Crippen MR) is 73.1 cm³/mol. The van der Waals surface area contributed by atoms with Crippen LogP contribution in [0.25, 0.3) is 0 Å². The average molecular weight is 242 g/mol. The third kappa shape index (κ3) is 7.74. The lowest BCUT2D eigenvalue weighted by molar-refractivity contribution is 0.104. The van der Waals surface area contributed by atoms with Crippen molar-refractivity contribution >= 4 is 0 Å². The van der Waals surface area contributed by atoms with Gasteiger partial charge in [0.05, 0.1) is 6.10 Å². The van der Waals surface area contributed by atoms with Gasteiger partial charge in [-0.25, -0.2) is 0 Å². The van der Waals surface area contributed by atoms with Gasteiger partial charge in [-0.15, -0.1) is 0 Å². The molecule has 0 saturated carbocycles. The summed E-state index contributed by atoms with van der Waals surface area (Å²) in [5, 5.41) is 3.54. The highest BCUT2D eigenvalue weighted by Crippen LogP contribution is 2.14. The lowest BCUT2D eigenvalue weighted by atomic mass is 10.0. The van der Waals surface area contributed by atoms with Gasteiger partial charge in [-0.2, -0.15) is 0 Å². The van der Waals surface area contributed by atoms with Gasteiger partial charge in [0, 0.05) is 12.6 Å². The monoisotopic (exact) mass is 242 g/mol. The molecule has 3 heteroatoms. The summed E-state index contributed by atoms with van der Waals surface area (Å²) in [7, 11) is 0. The minimum Gasteiger partial charge on any atom is -0.378 e. The first kappa shape index (κ1) is 14.9. The van der Waals surface area contributed by atoms with E-state index >= 15 is 0 Å². The first-order chi connectivity index (χ1) is 8.18. The van der Waals surface area contributed by atoms with Crippen LogP contribution in [0.3, 0.4) is 0 Å². The van der Waals surface area contributed by atoms with Crippen LogP contribution in [0.1, 0.15) is 52.4 Å². The molecular weight excluding hydrogens is 212 g/mol. The second-order valence-electron chi connectivity index (χ2n) is 5.64. The van der Waals surface area contributed by atoms with E-state index in [9.17, 15) is 0 Å². The van der Waals surface area contributed by atoms with Crippen LogP contribution in [0.15, 0.2) is 0 Å². The van der Waals surface area contributed by atoms with E-state index < -0.39 is 0 Å². The molecule has 17 heavy (non-hydrogen) atoms. The van der Waals surface area contributed by atoms with Crippen molar-refractivity contribution in [2.45, 2.75) is 64.5 Å². The molecule has 0 aromatic heterocycles. The Morgan fingerprint density at radius 1 is 1.35 bits per heavy atom. The highest BCUT2D eigenvalue weighted by Gasteiger charge is 2.14. The summed E-state index contributed by atoms with van der Waals surface area (Å²) in [5.41, 5.74) is 5.74. The molecule has 3 nitrogen and oxygen atoms in total. The molecule has 0 aromatic carbocycles. The molecule has 1 rings (SSSR count). The maximum atomic E-state index is 5.74. The number of hydrogen-bond donors (Lipinski definition) is 2. The van der Waals surface area contributed by atoms with Crippen LogP contribution in [-0.2, 0) is 4.74 Å². The van der Waals surface area contributed by atoms with E-state index in [1.54, 1.807) is 0 Å². The van der Waals surface area contributed by atoms with Gasteiger partial charge >= 0.3 is 0 Å². The van der Waals surface area contributed by atoms with E-state index in [-0.39, 0.29) is 0 Å². The van der Waals surface area contributed by atoms with Gasteiger partial charge in [0.25, 0.3) is 0 Å². The van der Waals surface area contributed by atoms with Gasteiger partial charge in [0.1, 0.15) is 0 Å². The third-order valence-corrected chi connectivity index (χ3v) is 3.52. The zero-order valence-electron chi connectivity index (χ0n) is 11.6. The molecule has 1 heterocycles. The molecule has 1 fully saturated rings. The lowest BCUT2D eigenvalue weighted by Gasteiger charge is -2.14. The minimum absolute atomic E-state index is 0.356. The summed E-state index contributed by atoms with van der Waals surface area (Å²) in [6.07, 6.45) is 7.90. The summed E-state index contributed by atoms with van der Waals surface area (Å²) in [6, 6.07) is 0.356. The lowest BCUT2D eigenvalue weighted by Crippen LogP contribution is -2.25. The number of nitrogens with two attached hydrogens (primary N) is 1. The van der Waals surface area contributed by atoms with Gasteiger partial charge < -0.3 is 15.8 Å². The standard InChI is InChI=1S/C14H30N2O/c1-12(5-3-6-13(2)15)11-16-9-8-14-7-4-10-17-14/h12-14,16H,3-11,15H2,1-2H3. The molecular formula is C14H30N2O. The molecule has 3 unspecified atom stereocenters. The number of nitrogens with one attached hydrogen (secondary N) is 1. The van der Waals surface area contributed by atoms with Crippen LogP contribution < -0.4 is 11.1 Å². The molecule has 3 N–H and O–H groups in total. The van der Waals surface area contributed by atoms with E-state index in [1.807, 2.05) is 0 Å². The molecule has 3 atom stereocenters. The van der Waals surface area contributed by atoms with E-state index in [4.69, 9.17) is 10.5 Å². The predicted octanol–water partition coefficient (Wildman–Crippen LogP) is 2.30. The Labute approximate surface area is 106 Å². The maximum absolute atomic E-state index is 5.74. The van der Waals surface area contributed by atoms with Crippen LogP contribution in [0, 0.1) is 5.92 Å². The molecule has 1 aliphatic heterocycles. The normalized spacial score (nSPS) is 23.8. The van der Waals surface area contributed by atoms with Crippen LogP contribution >= 0.6 is 0 Å². The summed E-state index contributed by atoms with van der Waals surface area (Å²) < 4.78 is 5.60. The second-order valence-corrected chi connectivity index (χ2v) is 5.64. The van der Waals surface area contributed by atoms with Gasteiger partial charge in [0.15, 0.2) is 0 Å². The van der Waals surface area contributed by atoms with E-state index in [2.05, 4.69) is 19.2 Å². The second kappa shape index (κ2) is 8.90. The Bertz CT molecular complexity index is 179. The third-order valence-electron chi connectivity index (χ3n) is 3.52. The van der Waals surface area contributed by atoms with E-state index in [0.717, 1.165) is 32.0 Å². The van der Waals surface area contributed by atoms with Crippen molar-refractivity contribution in [3.63, 3.8) is 0 Å².